The van der Waals surface area contributed by atoms with Crippen molar-refractivity contribution in [1.82, 2.24) is 4.90 Å². The van der Waals surface area contributed by atoms with E-state index in [2.05, 4.69) is 375 Å². The topological polar surface area (TPSA) is 62.8 Å². The molecule has 13 rings (SSSR count). The highest BCUT2D eigenvalue weighted by Gasteiger charge is 2.34. The molecule has 9 aromatic rings. The average Bonchev–Trinajstić information content (AvgIpc) is 1.28. The Labute approximate surface area is 649 Å². The first-order valence-electron chi connectivity index (χ1n) is 39.0. The quantitative estimate of drug-likeness (QED) is 0.0822. The molecule has 0 unspecified atom stereocenters. The Balaban J connectivity index is 0.000000158. The Kier molecular flexibility index (Phi) is 25.9. The lowest BCUT2D eigenvalue weighted by molar-refractivity contribution is 0.381. The van der Waals surface area contributed by atoms with Gasteiger partial charge in [0.25, 0.3) is 0 Å². The highest BCUT2D eigenvalue weighted by Crippen LogP contribution is 2.49. The van der Waals surface area contributed by atoms with E-state index in [9.17, 15) is 0 Å². The molecule has 0 aromatic heterocycles. The zero-order chi connectivity index (χ0) is 78.3. The van der Waals surface area contributed by atoms with Crippen LogP contribution in [0.15, 0.2) is 207 Å². The van der Waals surface area contributed by atoms with Gasteiger partial charge in [-0.15, -0.1) is 0 Å². The second kappa shape index (κ2) is 34.8. The predicted molar refractivity (Wildman–Crippen MR) is 462 cm³/mol. The van der Waals surface area contributed by atoms with Crippen LogP contribution in [0.3, 0.4) is 0 Å². The van der Waals surface area contributed by atoms with Gasteiger partial charge in [-0.3, -0.25) is 0 Å². The number of benzene rings is 9. The van der Waals surface area contributed by atoms with Gasteiger partial charge in [0, 0.05) is 108 Å². The molecule has 0 amide bonds. The lowest BCUT2D eigenvalue weighted by atomic mass is 9.81. The van der Waals surface area contributed by atoms with Gasteiger partial charge in [0.05, 0.1) is 39.8 Å². The Morgan fingerprint density at radius 2 is 0.611 bits per heavy atom. The summed E-state index contributed by atoms with van der Waals surface area (Å²) in [5.41, 5.74) is 28.1. The first-order chi connectivity index (χ1) is 51.6. The van der Waals surface area contributed by atoms with Gasteiger partial charge in [0.1, 0.15) is 47.7 Å². The Hall–Kier alpha value is -10.2. The molecular formula is C96H122N8O4. The highest BCUT2D eigenvalue weighted by molar-refractivity contribution is 5.86. The van der Waals surface area contributed by atoms with E-state index in [4.69, 9.17) is 18.9 Å². The molecule has 0 N–H and O–H groups in total. The lowest BCUT2D eigenvalue weighted by Gasteiger charge is -2.32. The number of anilines is 8. The molecule has 12 heteroatoms. The van der Waals surface area contributed by atoms with Gasteiger partial charge in [0.15, 0.2) is 0 Å². The molecule has 4 aliphatic heterocycles. The van der Waals surface area contributed by atoms with E-state index in [0.717, 1.165) is 34.1 Å². The summed E-state index contributed by atoms with van der Waals surface area (Å²) in [6.07, 6.45) is 13.9. The summed E-state index contributed by atoms with van der Waals surface area (Å²) >= 11 is 0. The van der Waals surface area contributed by atoms with Gasteiger partial charge in [0.2, 0.25) is 0 Å². The maximum Gasteiger partial charge on any atom is 0.124 e. The number of methoxy groups -OCH3 is 4. The lowest BCUT2D eigenvalue weighted by Crippen LogP contribution is -2.36. The van der Waals surface area contributed by atoms with E-state index >= 15 is 0 Å². The molecule has 0 saturated heterocycles. The number of rotatable bonds is 18. The summed E-state index contributed by atoms with van der Waals surface area (Å²) in [7, 11) is 11.3. The summed E-state index contributed by atoms with van der Waals surface area (Å²) in [4.78, 5) is 18.4. The van der Waals surface area contributed by atoms with Crippen LogP contribution >= 0.6 is 0 Å². The third-order valence-electron chi connectivity index (χ3n) is 22.4. The Morgan fingerprint density at radius 3 is 0.981 bits per heavy atom. The van der Waals surface area contributed by atoms with Crippen LogP contribution in [0.25, 0.3) is 22.3 Å². The zero-order valence-electron chi connectivity index (χ0n) is 69.6. The highest BCUT2D eigenvalue weighted by atomic mass is 16.5. The SMILES string of the molecule is COc1cc(-c2c(C(C)C)cc(C(C)C)cc2C(C)C)cc(N2C=CN(C)[C@H]2C)c1C.COc1cc(-c2c(C(C)C)cc(C(C)C)cc2C(C)C)cc(N2C=CN(c3ccccc3)[C@H]2C)c1C.COc1cccc(N2C=CN(c3ccccc3)[C@H]2C)c1C.COc1cccc(N2c3ccccc3N(C)[C@H]2C)c1C. The molecule has 570 valence electrons. The average molecular weight is 1450 g/mol. The van der Waals surface area contributed by atoms with Crippen molar-refractivity contribution in [3.63, 3.8) is 0 Å². The number of hydrogen-bond donors (Lipinski definition) is 0. The van der Waals surface area contributed by atoms with Crippen molar-refractivity contribution in [3.8, 4) is 45.3 Å². The predicted octanol–water partition coefficient (Wildman–Crippen LogP) is 24.9. The molecule has 0 radical (unpaired) electrons. The molecule has 108 heavy (non-hydrogen) atoms. The zero-order valence-corrected chi connectivity index (χ0v) is 69.6. The fraction of sp³-hybridized carbons (Fsp3) is 0.375. The minimum atomic E-state index is 0.156. The smallest absolute Gasteiger partial charge is 0.124 e. The summed E-state index contributed by atoms with van der Waals surface area (Å²) in [5.74, 6) is 6.47. The van der Waals surface area contributed by atoms with Crippen LogP contribution in [0.2, 0.25) is 0 Å². The molecule has 9 aromatic carbocycles. The Morgan fingerprint density at radius 1 is 0.287 bits per heavy atom. The van der Waals surface area contributed by atoms with Gasteiger partial charge >= 0.3 is 0 Å². The van der Waals surface area contributed by atoms with Crippen LogP contribution in [0.4, 0.5) is 45.5 Å². The normalized spacial score (nSPS) is 16.5. The second-order valence-corrected chi connectivity index (χ2v) is 31.2. The van der Waals surface area contributed by atoms with Crippen molar-refractivity contribution in [2.75, 3.05) is 76.8 Å². The molecule has 0 bridgehead atoms. The van der Waals surface area contributed by atoms with Gasteiger partial charge in [-0.1, -0.05) is 168 Å². The third kappa shape index (κ3) is 16.6. The van der Waals surface area contributed by atoms with Crippen LogP contribution in [-0.4, -0.2) is 72.1 Å². The summed E-state index contributed by atoms with van der Waals surface area (Å²) in [6, 6.07) is 60.8. The summed E-state index contributed by atoms with van der Waals surface area (Å²) in [5, 5.41) is 0. The standard InChI is InChI=1S/C33H42N2O.C28H40N2O.C18H20N2O.C17H20N2O/c1-21(2)26-17-29(22(3)4)33(30(18-26)23(5)6)27-19-31(24(7)32(20-27)36-9)35-16-15-34(25(35)8)28-13-11-10-12-14-28;1-17(2)22-13-24(18(3)4)28(25(14-22)19(5)6)23-15-26(20(7)27(16-23)31-10)30-12-11-29(9)21(30)8;1-14-17(10-7-11-18(14)21-3)20-13-12-19(15(20)2)16-8-5-4-6-9-16;1-12-14(10-7-11-17(12)20-4)19-13(2)18(3)15-8-5-6-9-16(15)19/h10-23,25H,1-9H3;11-19,21H,1-10H3;4-13,15H,1-3H3;5-11,13H,1-4H3/t25-;21-;15-;13-/m1111/s1. The number of hydrogen-bond acceptors (Lipinski definition) is 12. The van der Waals surface area contributed by atoms with E-state index in [1.807, 2.05) is 24.3 Å². The molecule has 0 spiro atoms. The van der Waals surface area contributed by atoms with Gasteiger partial charge in [-0.25, -0.2) is 0 Å². The first kappa shape index (κ1) is 80.3. The fourth-order valence-electron chi connectivity index (χ4n) is 15.6. The van der Waals surface area contributed by atoms with Crippen LogP contribution < -0.4 is 53.2 Å². The largest absolute Gasteiger partial charge is 0.496 e. The van der Waals surface area contributed by atoms with E-state index in [0.29, 0.717) is 41.7 Å². The van der Waals surface area contributed by atoms with Crippen molar-refractivity contribution >= 4 is 45.5 Å². The van der Waals surface area contributed by atoms with Crippen LogP contribution in [-0.2, 0) is 0 Å². The molecule has 4 atom stereocenters. The fourth-order valence-corrected chi connectivity index (χ4v) is 15.6. The minimum Gasteiger partial charge on any atom is -0.496 e. The number of fused-ring (bicyclic) bond motifs is 1. The van der Waals surface area contributed by atoms with Crippen LogP contribution in [0.5, 0.6) is 23.0 Å². The summed E-state index contributed by atoms with van der Waals surface area (Å²) < 4.78 is 22.7. The van der Waals surface area contributed by atoms with Gasteiger partial charge in [-0.2, -0.15) is 0 Å². The molecule has 0 saturated carbocycles. The number of para-hydroxylation sites is 4. The third-order valence-corrected chi connectivity index (χ3v) is 22.4. The van der Waals surface area contributed by atoms with E-state index < -0.39 is 0 Å². The van der Waals surface area contributed by atoms with Crippen LogP contribution in [0.1, 0.15) is 202 Å². The number of ether oxygens (including phenoxy) is 4. The van der Waals surface area contributed by atoms with Crippen molar-refractivity contribution in [1.29, 1.82) is 0 Å². The maximum absolute atomic E-state index is 5.95. The maximum atomic E-state index is 5.95. The molecule has 12 nitrogen and oxygen atoms in total. The van der Waals surface area contributed by atoms with Gasteiger partial charge < -0.3 is 58.1 Å². The first-order valence-corrected chi connectivity index (χ1v) is 39.0. The van der Waals surface area contributed by atoms with Crippen molar-refractivity contribution in [2.45, 2.75) is 199 Å². The van der Waals surface area contributed by atoms with Crippen molar-refractivity contribution in [3.05, 3.63) is 263 Å². The molecule has 4 aliphatic rings. The van der Waals surface area contributed by atoms with Crippen LogP contribution in [0, 0.1) is 27.7 Å². The summed E-state index contributed by atoms with van der Waals surface area (Å²) in [6.45, 7) is 45.0. The van der Waals surface area contributed by atoms with Crippen molar-refractivity contribution < 1.29 is 18.9 Å². The number of nitrogens with zero attached hydrogens (tertiary/aromatic N) is 8. The molecule has 0 aliphatic carbocycles. The second-order valence-electron chi connectivity index (χ2n) is 31.2. The Bertz CT molecular complexity index is 4590. The minimum absolute atomic E-state index is 0.156. The monoisotopic (exact) mass is 1450 g/mol. The van der Waals surface area contributed by atoms with E-state index in [1.54, 1.807) is 28.4 Å². The molecule has 4 heterocycles. The molecule has 0 fully saturated rings. The van der Waals surface area contributed by atoms with Gasteiger partial charge in [-0.05, 0) is 231 Å². The molecular weight excluding hydrogens is 1330 g/mol. The van der Waals surface area contributed by atoms with E-state index in [-0.39, 0.29) is 18.5 Å². The van der Waals surface area contributed by atoms with E-state index in [1.165, 1.54) is 112 Å². The van der Waals surface area contributed by atoms with Crippen molar-refractivity contribution in [2.24, 2.45) is 0 Å².